The van der Waals surface area contributed by atoms with E-state index in [9.17, 15) is 4.79 Å². The van der Waals surface area contributed by atoms with Crippen molar-refractivity contribution in [3.8, 4) is 0 Å². The summed E-state index contributed by atoms with van der Waals surface area (Å²) in [5.74, 6) is -0.280. The van der Waals surface area contributed by atoms with Crippen LogP contribution in [0.25, 0.3) is 0 Å². The Morgan fingerprint density at radius 2 is 2.17 bits per heavy atom. The van der Waals surface area contributed by atoms with Crippen molar-refractivity contribution in [3.63, 3.8) is 0 Å². The number of nitrogens with zero attached hydrogens (tertiary/aromatic N) is 1. The van der Waals surface area contributed by atoms with Gasteiger partial charge in [0.25, 0.3) is 0 Å². The van der Waals surface area contributed by atoms with E-state index in [4.69, 9.17) is 0 Å². The van der Waals surface area contributed by atoms with Crippen LogP contribution in [-0.4, -0.2) is 43.7 Å². The van der Waals surface area contributed by atoms with Crippen molar-refractivity contribution in [3.05, 3.63) is 35.4 Å². The number of rotatable bonds is 3. The molecule has 1 saturated heterocycles. The fraction of sp³-hybridized carbons (Fsp3) is 0.500. The molecule has 0 spiro atoms. The minimum Gasteiger partial charge on any atom is -0.465 e. The highest BCUT2D eigenvalue weighted by molar-refractivity contribution is 5.89. The Kier molecular flexibility index (Phi) is 4.33. The average molecular weight is 248 g/mol. The average Bonchev–Trinajstić information content (AvgIpc) is 2.41. The molecule has 0 saturated carbocycles. The summed E-state index contributed by atoms with van der Waals surface area (Å²) < 4.78 is 4.69. The molecular weight excluding hydrogens is 228 g/mol. The molecule has 2 rings (SSSR count). The van der Waals surface area contributed by atoms with Crippen LogP contribution in [0.4, 0.5) is 0 Å². The van der Waals surface area contributed by atoms with Crippen molar-refractivity contribution in [2.75, 3.05) is 26.7 Å². The molecular formula is C14H20N2O2. The van der Waals surface area contributed by atoms with Crippen LogP contribution in [0, 0.1) is 0 Å². The number of esters is 1. The number of ether oxygens (including phenoxy) is 1. The molecule has 1 atom stereocenters. The van der Waals surface area contributed by atoms with Gasteiger partial charge in [0.2, 0.25) is 0 Å². The fourth-order valence-electron chi connectivity index (χ4n) is 2.22. The lowest BCUT2D eigenvalue weighted by Crippen LogP contribution is -2.49. The fourth-order valence-corrected chi connectivity index (χ4v) is 2.22. The van der Waals surface area contributed by atoms with Crippen molar-refractivity contribution >= 4 is 5.97 Å². The van der Waals surface area contributed by atoms with Crippen LogP contribution in [0.3, 0.4) is 0 Å². The van der Waals surface area contributed by atoms with E-state index >= 15 is 0 Å². The zero-order chi connectivity index (χ0) is 13.0. The monoisotopic (exact) mass is 248 g/mol. The molecule has 1 aromatic rings. The van der Waals surface area contributed by atoms with Gasteiger partial charge in [0.1, 0.15) is 0 Å². The zero-order valence-electron chi connectivity index (χ0n) is 11.0. The van der Waals surface area contributed by atoms with Gasteiger partial charge in [-0.1, -0.05) is 12.1 Å². The van der Waals surface area contributed by atoms with E-state index in [0.717, 1.165) is 26.2 Å². The molecule has 1 aromatic carbocycles. The number of hydrogen-bond acceptors (Lipinski definition) is 4. The van der Waals surface area contributed by atoms with Crippen LogP contribution in [0.2, 0.25) is 0 Å². The molecule has 4 nitrogen and oxygen atoms in total. The summed E-state index contributed by atoms with van der Waals surface area (Å²) in [6, 6.07) is 8.21. The van der Waals surface area contributed by atoms with Crippen molar-refractivity contribution in [2.24, 2.45) is 0 Å². The molecule has 0 aromatic heterocycles. The van der Waals surface area contributed by atoms with Gasteiger partial charge in [-0.2, -0.15) is 0 Å². The second-order valence-electron chi connectivity index (χ2n) is 4.71. The lowest BCUT2D eigenvalue weighted by atomic mass is 10.1. The highest BCUT2D eigenvalue weighted by Crippen LogP contribution is 2.11. The highest BCUT2D eigenvalue weighted by atomic mass is 16.5. The number of carbonyl (C=O) groups excluding carboxylic acids is 1. The molecule has 1 aliphatic rings. The summed E-state index contributed by atoms with van der Waals surface area (Å²) >= 11 is 0. The van der Waals surface area contributed by atoms with Crippen molar-refractivity contribution in [1.82, 2.24) is 10.2 Å². The van der Waals surface area contributed by atoms with Gasteiger partial charge < -0.3 is 10.1 Å². The first-order valence-corrected chi connectivity index (χ1v) is 6.32. The first-order chi connectivity index (χ1) is 8.70. The van der Waals surface area contributed by atoms with Gasteiger partial charge in [0.05, 0.1) is 12.7 Å². The van der Waals surface area contributed by atoms with E-state index in [1.807, 2.05) is 24.3 Å². The minimum absolute atomic E-state index is 0.280. The number of methoxy groups -OCH3 is 1. The summed E-state index contributed by atoms with van der Waals surface area (Å²) in [6.07, 6.45) is 0. The van der Waals surface area contributed by atoms with Gasteiger partial charge in [0, 0.05) is 32.2 Å². The standard InChI is InChI=1S/C14H20N2O2/c1-11-9-15-7-8-16(11)10-12-3-5-13(6-4-12)14(17)18-2/h3-6,11,15H,7-10H2,1-2H3/t11-/m0/s1. The summed E-state index contributed by atoms with van der Waals surface area (Å²) in [6.45, 7) is 6.32. The SMILES string of the molecule is COC(=O)c1ccc(CN2CCNC[C@@H]2C)cc1. The maximum atomic E-state index is 11.3. The lowest BCUT2D eigenvalue weighted by molar-refractivity contribution is 0.0600. The van der Waals surface area contributed by atoms with Crippen LogP contribution in [-0.2, 0) is 11.3 Å². The molecule has 18 heavy (non-hydrogen) atoms. The Hall–Kier alpha value is -1.39. The van der Waals surface area contributed by atoms with E-state index in [-0.39, 0.29) is 5.97 Å². The maximum absolute atomic E-state index is 11.3. The maximum Gasteiger partial charge on any atom is 0.337 e. The van der Waals surface area contributed by atoms with Gasteiger partial charge in [-0.3, -0.25) is 4.90 Å². The smallest absolute Gasteiger partial charge is 0.337 e. The Morgan fingerprint density at radius 3 is 2.78 bits per heavy atom. The molecule has 1 N–H and O–H groups in total. The molecule has 0 bridgehead atoms. The molecule has 4 heteroatoms. The Morgan fingerprint density at radius 1 is 1.44 bits per heavy atom. The van der Waals surface area contributed by atoms with Crippen LogP contribution >= 0.6 is 0 Å². The van der Waals surface area contributed by atoms with Gasteiger partial charge in [-0.05, 0) is 24.6 Å². The highest BCUT2D eigenvalue weighted by Gasteiger charge is 2.17. The molecule has 1 fully saturated rings. The summed E-state index contributed by atoms with van der Waals surface area (Å²) in [5, 5.41) is 3.38. The van der Waals surface area contributed by atoms with Crippen LogP contribution < -0.4 is 5.32 Å². The number of nitrogens with one attached hydrogen (secondary N) is 1. The van der Waals surface area contributed by atoms with Crippen molar-refractivity contribution < 1.29 is 9.53 Å². The second-order valence-corrected chi connectivity index (χ2v) is 4.71. The van der Waals surface area contributed by atoms with Crippen LogP contribution in [0.1, 0.15) is 22.8 Å². The normalized spacial score (nSPS) is 20.7. The van der Waals surface area contributed by atoms with Crippen LogP contribution in [0.15, 0.2) is 24.3 Å². The molecule has 0 radical (unpaired) electrons. The number of piperazine rings is 1. The van der Waals surface area contributed by atoms with Gasteiger partial charge in [0.15, 0.2) is 0 Å². The minimum atomic E-state index is -0.280. The van der Waals surface area contributed by atoms with E-state index in [2.05, 4.69) is 21.9 Å². The Bertz CT molecular complexity index is 403. The van der Waals surface area contributed by atoms with Crippen molar-refractivity contribution in [2.45, 2.75) is 19.5 Å². The van der Waals surface area contributed by atoms with E-state index in [1.54, 1.807) is 0 Å². The van der Waals surface area contributed by atoms with E-state index in [0.29, 0.717) is 11.6 Å². The van der Waals surface area contributed by atoms with Crippen LogP contribution in [0.5, 0.6) is 0 Å². The predicted octanol–water partition coefficient (Wildman–Crippen LogP) is 1.27. The largest absolute Gasteiger partial charge is 0.465 e. The second kappa shape index (κ2) is 5.98. The topological polar surface area (TPSA) is 41.6 Å². The number of hydrogen-bond donors (Lipinski definition) is 1. The predicted molar refractivity (Wildman–Crippen MR) is 70.5 cm³/mol. The third-order valence-electron chi connectivity index (χ3n) is 3.40. The van der Waals surface area contributed by atoms with Crippen molar-refractivity contribution in [1.29, 1.82) is 0 Å². The van der Waals surface area contributed by atoms with Gasteiger partial charge in [-0.15, -0.1) is 0 Å². The molecule has 1 aliphatic heterocycles. The molecule has 98 valence electrons. The van der Waals surface area contributed by atoms with E-state index in [1.165, 1.54) is 12.7 Å². The molecule has 0 amide bonds. The first-order valence-electron chi connectivity index (χ1n) is 6.32. The Balaban J connectivity index is 1.99. The third kappa shape index (κ3) is 3.09. The Labute approximate surface area is 108 Å². The number of benzene rings is 1. The first kappa shape index (κ1) is 13.1. The van der Waals surface area contributed by atoms with E-state index < -0.39 is 0 Å². The summed E-state index contributed by atoms with van der Waals surface area (Å²) in [5.41, 5.74) is 1.84. The van der Waals surface area contributed by atoms with Gasteiger partial charge >= 0.3 is 5.97 Å². The zero-order valence-corrected chi connectivity index (χ0v) is 11.0. The quantitative estimate of drug-likeness (QED) is 0.818. The molecule has 1 heterocycles. The summed E-state index contributed by atoms with van der Waals surface area (Å²) in [4.78, 5) is 13.8. The third-order valence-corrected chi connectivity index (χ3v) is 3.40. The summed E-state index contributed by atoms with van der Waals surface area (Å²) in [7, 11) is 1.40. The molecule has 0 unspecified atom stereocenters. The lowest BCUT2D eigenvalue weighted by Gasteiger charge is -2.33. The van der Waals surface area contributed by atoms with Gasteiger partial charge in [-0.25, -0.2) is 4.79 Å². The number of carbonyl (C=O) groups is 1. The molecule has 0 aliphatic carbocycles.